The SMILES string of the molecule is COc1ccc(S(=O)(=O)Cl)cc1.[C-]#[N+]c1sccc1Br. The quantitative estimate of drug-likeness (QED) is 0.548. The Morgan fingerprint density at radius 1 is 1.30 bits per heavy atom. The summed E-state index contributed by atoms with van der Waals surface area (Å²) >= 11 is 4.67. The molecule has 0 saturated heterocycles. The molecule has 0 unspecified atom stereocenters. The van der Waals surface area contributed by atoms with Crippen molar-refractivity contribution < 1.29 is 13.2 Å². The third-order valence-electron chi connectivity index (χ3n) is 2.04. The van der Waals surface area contributed by atoms with E-state index in [1.54, 1.807) is 0 Å². The highest BCUT2D eigenvalue weighted by Crippen LogP contribution is 2.30. The zero-order valence-electron chi connectivity index (χ0n) is 10.2. The molecule has 0 saturated carbocycles. The van der Waals surface area contributed by atoms with Gasteiger partial charge in [0.05, 0.1) is 18.6 Å². The predicted octanol–water partition coefficient (Wildman–Crippen LogP) is 4.68. The van der Waals surface area contributed by atoms with Crippen LogP contribution in [0.1, 0.15) is 0 Å². The first-order valence-electron chi connectivity index (χ1n) is 5.07. The molecule has 1 heterocycles. The van der Waals surface area contributed by atoms with E-state index in [9.17, 15) is 8.42 Å². The largest absolute Gasteiger partial charge is 0.497 e. The smallest absolute Gasteiger partial charge is 0.261 e. The van der Waals surface area contributed by atoms with Crippen LogP contribution in [0.2, 0.25) is 0 Å². The zero-order valence-corrected chi connectivity index (χ0v) is 14.2. The molecule has 0 fully saturated rings. The number of ether oxygens (including phenoxy) is 1. The van der Waals surface area contributed by atoms with Crippen molar-refractivity contribution in [3.05, 3.63) is 51.6 Å². The van der Waals surface area contributed by atoms with Gasteiger partial charge in [0.1, 0.15) is 5.75 Å². The Kier molecular flexibility index (Phi) is 6.49. The van der Waals surface area contributed by atoms with Crippen molar-refractivity contribution >= 4 is 52.0 Å². The Hall–Kier alpha value is -1.07. The number of methoxy groups -OCH3 is 1. The maximum atomic E-state index is 10.8. The fourth-order valence-corrected chi connectivity index (χ4v) is 3.12. The van der Waals surface area contributed by atoms with E-state index in [0.29, 0.717) is 5.75 Å². The van der Waals surface area contributed by atoms with Crippen LogP contribution in [0.5, 0.6) is 5.75 Å². The number of benzene rings is 1. The van der Waals surface area contributed by atoms with E-state index < -0.39 is 9.05 Å². The van der Waals surface area contributed by atoms with E-state index >= 15 is 0 Å². The summed E-state index contributed by atoms with van der Waals surface area (Å²) in [6, 6.07) is 7.73. The first-order valence-corrected chi connectivity index (χ1v) is 9.06. The highest BCUT2D eigenvalue weighted by atomic mass is 79.9. The summed E-state index contributed by atoms with van der Waals surface area (Å²) in [4.78, 5) is 3.33. The Balaban J connectivity index is 0.000000217. The van der Waals surface area contributed by atoms with E-state index in [-0.39, 0.29) is 4.90 Å². The molecule has 2 rings (SSSR count). The molecule has 8 heteroatoms. The molecule has 106 valence electrons. The Labute approximate surface area is 134 Å². The van der Waals surface area contributed by atoms with Crippen LogP contribution >= 0.6 is 37.9 Å². The van der Waals surface area contributed by atoms with Gasteiger partial charge in [-0.25, -0.2) is 13.3 Å². The molecule has 20 heavy (non-hydrogen) atoms. The summed E-state index contributed by atoms with van der Waals surface area (Å²) in [6.45, 7) is 6.61. The first kappa shape index (κ1) is 17.0. The number of rotatable bonds is 2. The van der Waals surface area contributed by atoms with Gasteiger partial charge in [0.2, 0.25) is 0 Å². The maximum Gasteiger partial charge on any atom is 0.261 e. The van der Waals surface area contributed by atoms with Crippen molar-refractivity contribution in [1.82, 2.24) is 0 Å². The summed E-state index contributed by atoms with van der Waals surface area (Å²) in [5.41, 5.74) is 0. The summed E-state index contributed by atoms with van der Waals surface area (Å²) in [5, 5.41) is 2.61. The van der Waals surface area contributed by atoms with Gasteiger partial charge in [0.15, 0.2) is 0 Å². The van der Waals surface area contributed by atoms with E-state index in [1.807, 2.05) is 11.4 Å². The van der Waals surface area contributed by atoms with Crippen molar-refractivity contribution in [2.45, 2.75) is 4.90 Å². The fourth-order valence-electron chi connectivity index (χ4n) is 1.10. The van der Waals surface area contributed by atoms with Crippen LogP contribution in [0, 0.1) is 6.57 Å². The Bertz CT molecular complexity index is 705. The van der Waals surface area contributed by atoms with E-state index in [2.05, 4.69) is 20.8 Å². The van der Waals surface area contributed by atoms with Gasteiger partial charge in [-0.1, -0.05) is 15.9 Å². The lowest BCUT2D eigenvalue weighted by Gasteiger charge is -1.99. The first-order chi connectivity index (χ1) is 9.38. The molecule has 0 aliphatic rings. The Morgan fingerprint density at radius 2 is 1.90 bits per heavy atom. The minimum absolute atomic E-state index is 0.0740. The van der Waals surface area contributed by atoms with Crippen molar-refractivity contribution in [1.29, 1.82) is 0 Å². The third-order valence-corrected chi connectivity index (χ3v) is 5.12. The lowest BCUT2D eigenvalue weighted by Crippen LogP contribution is -1.90. The summed E-state index contributed by atoms with van der Waals surface area (Å²) in [7, 11) is 2.98. The second kappa shape index (κ2) is 7.64. The summed E-state index contributed by atoms with van der Waals surface area (Å²) in [5.74, 6) is 0.596. The van der Waals surface area contributed by atoms with Crippen LogP contribution in [0.25, 0.3) is 4.85 Å². The van der Waals surface area contributed by atoms with E-state index in [1.165, 1.54) is 42.7 Å². The molecule has 0 spiro atoms. The lowest BCUT2D eigenvalue weighted by atomic mass is 10.3. The van der Waals surface area contributed by atoms with Gasteiger partial charge in [-0.2, -0.15) is 11.3 Å². The molecule has 0 atom stereocenters. The zero-order chi connectivity index (χ0) is 15.2. The number of nitrogens with zero attached hydrogens (tertiary/aromatic N) is 1. The van der Waals surface area contributed by atoms with Gasteiger partial charge in [-0.15, -0.1) is 0 Å². The molecule has 1 aromatic carbocycles. The molecule has 0 aliphatic carbocycles. The standard InChI is InChI=1S/C7H7ClO3S.C5H2BrNS/c1-11-6-2-4-7(5-3-6)12(8,9)10;1-7-5-4(6)2-3-8-5/h2-5H,1H3;2-3H. The number of halogens is 2. The van der Waals surface area contributed by atoms with Gasteiger partial charge in [-0.05, 0) is 35.7 Å². The lowest BCUT2D eigenvalue weighted by molar-refractivity contribution is 0.414. The summed E-state index contributed by atoms with van der Waals surface area (Å²) in [6.07, 6.45) is 0. The molecule has 0 amide bonds. The van der Waals surface area contributed by atoms with Crippen molar-refractivity contribution in [3.8, 4) is 5.75 Å². The van der Waals surface area contributed by atoms with Crippen molar-refractivity contribution in [3.63, 3.8) is 0 Å². The molecular weight excluding hydrogens is 386 g/mol. The highest BCUT2D eigenvalue weighted by Gasteiger charge is 2.08. The number of hydrogen-bond acceptors (Lipinski definition) is 4. The highest BCUT2D eigenvalue weighted by molar-refractivity contribution is 9.10. The summed E-state index contributed by atoms with van der Waals surface area (Å²) < 4.78 is 27.3. The maximum absolute atomic E-state index is 10.8. The second-order valence-electron chi connectivity index (χ2n) is 3.30. The molecule has 4 nitrogen and oxygen atoms in total. The molecule has 1 aromatic heterocycles. The molecule has 0 bridgehead atoms. The molecule has 0 aliphatic heterocycles. The monoisotopic (exact) mass is 393 g/mol. The van der Waals surface area contributed by atoms with Gasteiger partial charge in [0.25, 0.3) is 14.1 Å². The van der Waals surface area contributed by atoms with Crippen LogP contribution < -0.4 is 4.74 Å². The average Bonchev–Trinajstić information content (AvgIpc) is 2.84. The molecule has 2 aromatic rings. The molecule has 0 radical (unpaired) electrons. The second-order valence-corrected chi connectivity index (χ2v) is 7.61. The normalized spacial score (nSPS) is 10.1. The van der Waals surface area contributed by atoms with Crippen LogP contribution in [-0.2, 0) is 9.05 Å². The van der Waals surface area contributed by atoms with E-state index in [0.717, 1.165) is 9.47 Å². The Morgan fingerprint density at radius 3 is 2.20 bits per heavy atom. The number of hydrogen-bond donors (Lipinski definition) is 0. The minimum Gasteiger partial charge on any atom is -0.497 e. The van der Waals surface area contributed by atoms with E-state index in [4.69, 9.17) is 22.0 Å². The topological polar surface area (TPSA) is 47.7 Å². The van der Waals surface area contributed by atoms with Crippen LogP contribution in [0.15, 0.2) is 45.1 Å². The van der Waals surface area contributed by atoms with Crippen LogP contribution in [0.3, 0.4) is 0 Å². The van der Waals surface area contributed by atoms with Gasteiger partial charge >= 0.3 is 0 Å². The molecular formula is C12H9BrClNO3S2. The number of thiophene rings is 1. The third kappa shape index (κ3) is 5.13. The predicted molar refractivity (Wildman–Crippen MR) is 84.3 cm³/mol. The molecule has 0 N–H and O–H groups in total. The van der Waals surface area contributed by atoms with Gasteiger partial charge in [-0.3, -0.25) is 0 Å². The van der Waals surface area contributed by atoms with Gasteiger partial charge in [0, 0.05) is 15.2 Å². The van der Waals surface area contributed by atoms with Crippen LogP contribution in [-0.4, -0.2) is 15.5 Å². The average molecular weight is 395 g/mol. The minimum atomic E-state index is -3.61. The fraction of sp³-hybridized carbons (Fsp3) is 0.0833. The van der Waals surface area contributed by atoms with Gasteiger partial charge < -0.3 is 4.74 Å². The van der Waals surface area contributed by atoms with Crippen molar-refractivity contribution in [2.24, 2.45) is 0 Å². The van der Waals surface area contributed by atoms with Crippen LogP contribution in [0.4, 0.5) is 5.00 Å². The van der Waals surface area contributed by atoms with Crippen molar-refractivity contribution in [2.75, 3.05) is 7.11 Å².